The van der Waals surface area contributed by atoms with Gasteiger partial charge in [0.1, 0.15) is 6.04 Å². The molecule has 1 amide bonds. The van der Waals surface area contributed by atoms with Crippen molar-refractivity contribution in [2.24, 2.45) is 0 Å². The third-order valence-corrected chi connectivity index (χ3v) is 4.41. The van der Waals surface area contributed by atoms with Gasteiger partial charge in [0, 0.05) is 5.75 Å². The van der Waals surface area contributed by atoms with E-state index in [0.29, 0.717) is 0 Å². The molecule has 0 unspecified atom stereocenters. The number of halogens is 3. The molecule has 1 aromatic rings. The van der Waals surface area contributed by atoms with Gasteiger partial charge in [-0.1, -0.05) is 18.2 Å². The van der Waals surface area contributed by atoms with Gasteiger partial charge in [-0.15, -0.1) is 11.8 Å². The molecule has 2 atom stereocenters. The number of aliphatic carboxylic acids is 1. The number of hydrogen-bond acceptors (Lipinski definition) is 3. The lowest BCUT2D eigenvalue weighted by atomic mass is 10.0. The summed E-state index contributed by atoms with van der Waals surface area (Å²) in [6, 6.07) is 4.09. The van der Waals surface area contributed by atoms with Crippen molar-refractivity contribution in [3.63, 3.8) is 0 Å². The smallest absolute Gasteiger partial charge is 0.416 e. The van der Waals surface area contributed by atoms with Crippen molar-refractivity contribution in [2.45, 2.75) is 23.9 Å². The maximum absolute atomic E-state index is 12.9. The van der Waals surface area contributed by atoms with E-state index in [9.17, 15) is 22.8 Å². The highest BCUT2D eigenvalue weighted by Gasteiger charge is 2.36. The first-order chi connectivity index (χ1) is 9.79. The second-order valence-corrected chi connectivity index (χ2v) is 5.82. The van der Waals surface area contributed by atoms with Crippen molar-refractivity contribution < 1.29 is 27.9 Å². The number of carboxylic acids is 1. The summed E-state index contributed by atoms with van der Waals surface area (Å²) in [5.74, 6) is -1.56. The van der Waals surface area contributed by atoms with Crippen molar-refractivity contribution in [1.29, 1.82) is 0 Å². The van der Waals surface area contributed by atoms with Gasteiger partial charge in [0.2, 0.25) is 5.91 Å². The molecule has 0 aliphatic carbocycles. The number of benzene rings is 1. The Kier molecular flexibility index (Phi) is 4.46. The number of thioether (sulfide) groups is 1. The number of rotatable bonds is 3. The molecule has 1 saturated heterocycles. The van der Waals surface area contributed by atoms with Crippen molar-refractivity contribution in [3.8, 4) is 0 Å². The van der Waals surface area contributed by atoms with Crippen LogP contribution < -0.4 is 5.32 Å². The van der Waals surface area contributed by atoms with Crippen LogP contribution >= 0.6 is 11.8 Å². The molecule has 4 nitrogen and oxygen atoms in total. The lowest BCUT2D eigenvalue weighted by Crippen LogP contribution is -2.51. The highest BCUT2D eigenvalue weighted by atomic mass is 32.2. The summed E-state index contributed by atoms with van der Waals surface area (Å²) in [5.41, 5.74) is -0.731. The molecule has 0 spiro atoms. The number of nitrogens with one attached hydrogen (secondary N) is 1. The first-order valence-electron chi connectivity index (χ1n) is 6.09. The maximum Gasteiger partial charge on any atom is 0.416 e. The largest absolute Gasteiger partial charge is 0.480 e. The molecular weight excluding hydrogens is 307 g/mol. The van der Waals surface area contributed by atoms with Crippen LogP contribution in [0.25, 0.3) is 0 Å². The minimum Gasteiger partial charge on any atom is -0.480 e. The minimum absolute atomic E-state index is 0.0337. The van der Waals surface area contributed by atoms with Crippen molar-refractivity contribution >= 4 is 23.6 Å². The Morgan fingerprint density at radius 2 is 2.05 bits per heavy atom. The normalized spacial score (nSPS) is 22.7. The zero-order valence-corrected chi connectivity index (χ0v) is 11.5. The van der Waals surface area contributed by atoms with E-state index in [2.05, 4.69) is 5.32 Å². The van der Waals surface area contributed by atoms with Crippen LogP contribution in [0.1, 0.15) is 11.1 Å². The highest BCUT2D eigenvalue weighted by molar-refractivity contribution is 8.00. The molecule has 114 valence electrons. The summed E-state index contributed by atoms with van der Waals surface area (Å²) in [6.45, 7) is 0. The third kappa shape index (κ3) is 3.69. The Morgan fingerprint density at radius 1 is 1.38 bits per heavy atom. The van der Waals surface area contributed by atoms with Gasteiger partial charge in [-0.05, 0) is 18.1 Å². The number of carbonyl (C=O) groups is 2. The fourth-order valence-corrected chi connectivity index (χ4v) is 3.22. The molecule has 8 heteroatoms. The Labute approximate surface area is 122 Å². The van der Waals surface area contributed by atoms with Crippen LogP contribution in [0.3, 0.4) is 0 Å². The number of carbonyl (C=O) groups excluding carboxylic acids is 1. The van der Waals surface area contributed by atoms with Gasteiger partial charge in [-0.25, -0.2) is 4.79 Å². The molecule has 0 aromatic heterocycles. The summed E-state index contributed by atoms with van der Waals surface area (Å²) in [5, 5.41) is 10.4. The fraction of sp³-hybridized carbons (Fsp3) is 0.385. The SMILES string of the molecule is O=C(O)[C@@H]1CS[C@@H](Cc2ccccc2C(F)(F)F)C(=O)N1. The van der Waals surface area contributed by atoms with Crippen LogP contribution in [0.4, 0.5) is 13.2 Å². The predicted molar refractivity (Wildman–Crippen MR) is 71.0 cm³/mol. The van der Waals surface area contributed by atoms with E-state index < -0.39 is 34.9 Å². The van der Waals surface area contributed by atoms with Gasteiger partial charge in [0.05, 0.1) is 10.8 Å². The van der Waals surface area contributed by atoms with Gasteiger partial charge in [-0.2, -0.15) is 13.2 Å². The Morgan fingerprint density at radius 3 is 2.62 bits per heavy atom. The topological polar surface area (TPSA) is 66.4 Å². The molecule has 0 radical (unpaired) electrons. The number of hydrogen-bond donors (Lipinski definition) is 2. The monoisotopic (exact) mass is 319 g/mol. The summed E-state index contributed by atoms with van der Waals surface area (Å²) in [7, 11) is 0. The van der Waals surface area contributed by atoms with Gasteiger partial charge >= 0.3 is 12.1 Å². The quantitative estimate of drug-likeness (QED) is 0.893. The first kappa shape index (κ1) is 15.7. The standard InChI is InChI=1S/C13H12F3NO3S/c14-13(15,16)8-4-2-1-3-7(8)5-10-11(18)17-9(6-21-10)12(19)20/h1-4,9-10H,5-6H2,(H,17,18)(H,19,20)/t9-,10-/m0/s1. The van der Waals surface area contributed by atoms with E-state index in [-0.39, 0.29) is 17.7 Å². The lowest BCUT2D eigenvalue weighted by Gasteiger charge is -2.27. The second-order valence-electron chi connectivity index (χ2n) is 4.58. The van der Waals surface area contributed by atoms with Crippen LogP contribution in [-0.4, -0.2) is 34.0 Å². The predicted octanol–water partition coefficient (Wildman–Crippen LogP) is 1.93. The summed E-state index contributed by atoms with van der Waals surface area (Å²) in [6.07, 6.45) is -4.56. The molecular formula is C13H12F3NO3S. The van der Waals surface area contributed by atoms with Crippen LogP contribution in [0.15, 0.2) is 24.3 Å². The number of carboxylic acid groups (broad SMARTS) is 1. The molecule has 1 aromatic carbocycles. The molecule has 2 N–H and O–H groups in total. The average Bonchev–Trinajstić information content (AvgIpc) is 2.40. The summed E-state index contributed by atoms with van der Waals surface area (Å²) in [4.78, 5) is 22.6. The average molecular weight is 319 g/mol. The molecule has 2 rings (SSSR count). The van der Waals surface area contributed by atoms with E-state index in [4.69, 9.17) is 5.11 Å². The van der Waals surface area contributed by atoms with Gasteiger partial charge < -0.3 is 10.4 Å². The summed E-state index contributed by atoms with van der Waals surface area (Å²) < 4.78 is 38.6. The van der Waals surface area contributed by atoms with Crippen LogP contribution in [0.5, 0.6) is 0 Å². The van der Waals surface area contributed by atoms with E-state index >= 15 is 0 Å². The molecule has 0 bridgehead atoms. The second kappa shape index (κ2) is 5.97. The molecule has 1 aliphatic heterocycles. The van der Waals surface area contributed by atoms with Crippen molar-refractivity contribution in [2.75, 3.05) is 5.75 Å². The Balaban J connectivity index is 2.13. The number of alkyl halides is 3. The van der Waals surface area contributed by atoms with Crippen LogP contribution in [0, 0.1) is 0 Å². The van der Waals surface area contributed by atoms with E-state index in [1.54, 1.807) is 0 Å². The highest BCUT2D eigenvalue weighted by Crippen LogP contribution is 2.33. The Hall–Kier alpha value is -1.70. The van der Waals surface area contributed by atoms with E-state index in [0.717, 1.165) is 17.8 Å². The maximum atomic E-state index is 12.9. The van der Waals surface area contributed by atoms with E-state index in [1.165, 1.54) is 18.2 Å². The fourth-order valence-electron chi connectivity index (χ4n) is 2.05. The zero-order valence-electron chi connectivity index (χ0n) is 10.7. The van der Waals surface area contributed by atoms with Crippen molar-refractivity contribution in [3.05, 3.63) is 35.4 Å². The molecule has 1 heterocycles. The van der Waals surface area contributed by atoms with E-state index in [1.807, 2.05) is 0 Å². The van der Waals surface area contributed by atoms with Crippen molar-refractivity contribution in [1.82, 2.24) is 5.32 Å². The third-order valence-electron chi connectivity index (χ3n) is 3.10. The van der Waals surface area contributed by atoms with Gasteiger partial charge in [0.25, 0.3) is 0 Å². The first-order valence-corrected chi connectivity index (χ1v) is 7.14. The summed E-state index contributed by atoms with van der Waals surface area (Å²) >= 11 is 1.06. The lowest BCUT2D eigenvalue weighted by molar-refractivity contribution is -0.141. The zero-order chi connectivity index (χ0) is 15.6. The molecule has 1 aliphatic rings. The molecule has 1 fully saturated rings. The molecule has 0 saturated carbocycles. The molecule has 21 heavy (non-hydrogen) atoms. The van der Waals surface area contributed by atoms with Gasteiger partial charge in [-0.3, -0.25) is 4.79 Å². The minimum atomic E-state index is -4.48. The number of amides is 1. The van der Waals surface area contributed by atoms with Crippen LogP contribution in [-0.2, 0) is 22.2 Å². The Bertz CT molecular complexity index is 562. The van der Waals surface area contributed by atoms with Crippen LogP contribution in [0.2, 0.25) is 0 Å². The van der Waals surface area contributed by atoms with Gasteiger partial charge in [0.15, 0.2) is 0 Å².